The average Bonchev–Trinajstić information content (AvgIpc) is 2.74. The summed E-state index contributed by atoms with van der Waals surface area (Å²) in [6, 6.07) is 10.3. The van der Waals surface area contributed by atoms with E-state index in [1.807, 2.05) is 26.0 Å². The summed E-state index contributed by atoms with van der Waals surface area (Å²) in [5, 5.41) is 3.50. The third-order valence-corrected chi connectivity index (χ3v) is 5.80. The first-order chi connectivity index (χ1) is 15.6. The van der Waals surface area contributed by atoms with Crippen molar-refractivity contribution in [1.29, 1.82) is 0 Å². The number of methoxy groups -OCH3 is 1. The highest BCUT2D eigenvalue weighted by Gasteiger charge is 2.27. The van der Waals surface area contributed by atoms with Crippen molar-refractivity contribution in [1.82, 2.24) is 0 Å². The van der Waals surface area contributed by atoms with Gasteiger partial charge in [-0.2, -0.15) is 0 Å². The summed E-state index contributed by atoms with van der Waals surface area (Å²) >= 11 is 0. The Morgan fingerprint density at radius 2 is 1.61 bits per heavy atom. The van der Waals surface area contributed by atoms with E-state index in [0.717, 1.165) is 40.1 Å². The van der Waals surface area contributed by atoms with E-state index in [0.29, 0.717) is 16.9 Å². The van der Waals surface area contributed by atoms with Gasteiger partial charge in [-0.1, -0.05) is 18.2 Å². The molecule has 0 amide bonds. The van der Waals surface area contributed by atoms with Crippen LogP contribution in [0.25, 0.3) is 16.7 Å². The number of halogens is 3. The van der Waals surface area contributed by atoms with Crippen LogP contribution in [0.2, 0.25) is 0 Å². The number of fused-ring (bicyclic) bond motifs is 1. The number of rotatable bonds is 5. The highest BCUT2D eigenvalue weighted by atomic mass is 19.2. The smallest absolute Gasteiger partial charge is 0.162 e. The molecule has 0 saturated carbocycles. The Balaban J connectivity index is 1.90. The van der Waals surface area contributed by atoms with Crippen LogP contribution in [-0.4, -0.2) is 12.6 Å². The first-order valence-corrected chi connectivity index (χ1v) is 10.7. The molecule has 33 heavy (non-hydrogen) atoms. The molecule has 1 aliphatic heterocycles. The van der Waals surface area contributed by atoms with E-state index in [4.69, 9.17) is 9.47 Å². The molecule has 0 saturated heterocycles. The summed E-state index contributed by atoms with van der Waals surface area (Å²) in [6.07, 6.45) is 2.11. The maximum Gasteiger partial charge on any atom is 0.162 e. The molecule has 4 rings (SSSR count). The Labute approximate surface area is 191 Å². The zero-order valence-electron chi connectivity index (χ0n) is 19.3. The summed E-state index contributed by atoms with van der Waals surface area (Å²) in [5.74, 6) is -1.72. The van der Waals surface area contributed by atoms with Crippen molar-refractivity contribution in [2.45, 2.75) is 39.8 Å². The van der Waals surface area contributed by atoms with Gasteiger partial charge in [0.15, 0.2) is 11.6 Å². The van der Waals surface area contributed by atoms with Crippen LogP contribution in [0, 0.1) is 24.4 Å². The fourth-order valence-electron chi connectivity index (χ4n) is 4.39. The van der Waals surface area contributed by atoms with Crippen LogP contribution in [0.3, 0.4) is 0 Å². The molecule has 1 heterocycles. The van der Waals surface area contributed by atoms with E-state index < -0.39 is 17.5 Å². The van der Waals surface area contributed by atoms with Crippen molar-refractivity contribution in [3.05, 3.63) is 82.7 Å². The van der Waals surface area contributed by atoms with Gasteiger partial charge in [-0.05, 0) is 62.6 Å². The van der Waals surface area contributed by atoms with Crippen LogP contribution < -0.4 is 14.8 Å². The molecule has 0 radical (unpaired) electrons. The van der Waals surface area contributed by atoms with Gasteiger partial charge in [-0.3, -0.25) is 0 Å². The molecule has 172 valence electrons. The van der Waals surface area contributed by atoms with Gasteiger partial charge in [0.2, 0.25) is 0 Å². The van der Waals surface area contributed by atoms with Crippen molar-refractivity contribution in [3.8, 4) is 22.6 Å². The average molecular weight is 454 g/mol. The van der Waals surface area contributed by atoms with Gasteiger partial charge in [0.1, 0.15) is 23.9 Å². The van der Waals surface area contributed by atoms with E-state index in [1.165, 1.54) is 19.2 Å². The van der Waals surface area contributed by atoms with E-state index in [-0.39, 0.29) is 17.9 Å². The number of ether oxygens (including phenoxy) is 2. The van der Waals surface area contributed by atoms with Gasteiger partial charge in [-0.25, -0.2) is 13.2 Å². The molecule has 3 nitrogen and oxygen atoms in total. The monoisotopic (exact) mass is 453 g/mol. The SMILES string of the molecule is COc1cc(F)c(F)cc1-c1ccc2c(c1COc1cc(F)ccc1C)C(C)=CC(C)(C)N2. The third kappa shape index (κ3) is 4.42. The summed E-state index contributed by atoms with van der Waals surface area (Å²) in [6.45, 7) is 8.07. The Bertz CT molecular complexity index is 1260. The van der Waals surface area contributed by atoms with Crippen LogP contribution >= 0.6 is 0 Å². The molecule has 0 bridgehead atoms. The molecule has 0 aromatic heterocycles. The minimum Gasteiger partial charge on any atom is -0.496 e. The summed E-state index contributed by atoms with van der Waals surface area (Å²) in [5.41, 5.74) is 5.19. The summed E-state index contributed by atoms with van der Waals surface area (Å²) in [7, 11) is 1.41. The molecular formula is C27H26F3NO2. The third-order valence-electron chi connectivity index (χ3n) is 5.80. The standard InChI is InChI=1S/C27H26F3NO2/c1-15-6-7-17(28)10-24(15)33-14-20-18(19-11-21(29)22(30)12-25(19)32-5)8-9-23-26(20)16(2)13-27(3,4)31-23/h6-13,31H,14H2,1-5H3. The van der Waals surface area contributed by atoms with Gasteiger partial charge in [0.25, 0.3) is 0 Å². The second-order valence-corrected chi connectivity index (χ2v) is 8.85. The Hall–Kier alpha value is -3.41. The van der Waals surface area contributed by atoms with Crippen LogP contribution in [-0.2, 0) is 6.61 Å². The molecule has 6 heteroatoms. The zero-order chi connectivity index (χ0) is 23.9. The molecule has 0 atom stereocenters. The summed E-state index contributed by atoms with van der Waals surface area (Å²) in [4.78, 5) is 0. The number of allylic oxidation sites excluding steroid dienone is 1. The fraction of sp³-hybridized carbons (Fsp3) is 0.259. The second-order valence-electron chi connectivity index (χ2n) is 8.85. The second kappa shape index (κ2) is 8.50. The van der Waals surface area contributed by atoms with Gasteiger partial charge in [0.05, 0.1) is 12.6 Å². The quantitative estimate of drug-likeness (QED) is 0.441. The Morgan fingerprint density at radius 1 is 0.879 bits per heavy atom. The van der Waals surface area contributed by atoms with Gasteiger partial charge in [0, 0.05) is 34.5 Å². The summed E-state index contributed by atoms with van der Waals surface area (Å²) < 4.78 is 53.4. The number of aryl methyl sites for hydroxylation is 1. The van der Waals surface area contributed by atoms with Gasteiger partial charge < -0.3 is 14.8 Å². The molecular weight excluding hydrogens is 427 g/mol. The van der Waals surface area contributed by atoms with Crippen molar-refractivity contribution >= 4 is 11.3 Å². The van der Waals surface area contributed by atoms with Crippen LogP contribution in [0.15, 0.2) is 48.5 Å². The first kappa shape index (κ1) is 22.8. The topological polar surface area (TPSA) is 30.5 Å². The van der Waals surface area contributed by atoms with E-state index in [9.17, 15) is 13.2 Å². The maximum absolute atomic E-state index is 14.3. The number of nitrogens with one attached hydrogen (secondary N) is 1. The minimum absolute atomic E-state index is 0.0955. The molecule has 1 aliphatic rings. The molecule has 0 fully saturated rings. The van der Waals surface area contributed by atoms with Crippen LogP contribution in [0.4, 0.5) is 18.9 Å². The van der Waals surface area contributed by atoms with E-state index in [1.54, 1.807) is 6.07 Å². The number of hydrogen-bond donors (Lipinski definition) is 1. The Kier molecular flexibility index (Phi) is 5.87. The van der Waals surface area contributed by atoms with E-state index >= 15 is 0 Å². The lowest BCUT2D eigenvalue weighted by Crippen LogP contribution is -2.32. The maximum atomic E-state index is 14.3. The van der Waals surface area contributed by atoms with Crippen LogP contribution in [0.1, 0.15) is 37.5 Å². The number of anilines is 1. The molecule has 3 aromatic carbocycles. The van der Waals surface area contributed by atoms with Crippen LogP contribution in [0.5, 0.6) is 11.5 Å². The predicted octanol–water partition coefficient (Wildman–Crippen LogP) is 7.27. The van der Waals surface area contributed by atoms with Crippen molar-refractivity contribution < 1.29 is 22.6 Å². The highest BCUT2D eigenvalue weighted by molar-refractivity contribution is 5.88. The van der Waals surface area contributed by atoms with Crippen molar-refractivity contribution in [2.24, 2.45) is 0 Å². The lowest BCUT2D eigenvalue weighted by atomic mass is 9.85. The largest absolute Gasteiger partial charge is 0.496 e. The molecule has 0 spiro atoms. The number of hydrogen-bond acceptors (Lipinski definition) is 3. The van der Waals surface area contributed by atoms with E-state index in [2.05, 4.69) is 25.2 Å². The lowest BCUT2D eigenvalue weighted by Gasteiger charge is -2.33. The van der Waals surface area contributed by atoms with Crippen molar-refractivity contribution in [3.63, 3.8) is 0 Å². The zero-order valence-corrected chi connectivity index (χ0v) is 19.3. The molecule has 0 unspecified atom stereocenters. The first-order valence-electron chi connectivity index (χ1n) is 10.7. The normalized spacial score (nSPS) is 14.2. The molecule has 1 N–H and O–H groups in total. The highest BCUT2D eigenvalue weighted by Crippen LogP contribution is 2.43. The van der Waals surface area contributed by atoms with Gasteiger partial charge >= 0.3 is 0 Å². The lowest BCUT2D eigenvalue weighted by molar-refractivity contribution is 0.302. The predicted molar refractivity (Wildman–Crippen MR) is 125 cm³/mol. The number of benzene rings is 3. The fourth-order valence-corrected chi connectivity index (χ4v) is 4.39. The molecule has 0 aliphatic carbocycles. The Morgan fingerprint density at radius 3 is 2.33 bits per heavy atom. The van der Waals surface area contributed by atoms with Gasteiger partial charge in [-0.15, -0.1) is 0 Å². The van der Waals surface area contributed by atoms with Crippen molar-refractivity contribution in [2.75, 3.05) is 12.4 Å². The molecule has 3 aromatic rings. The minimum atomic E-state index is -0.985.